The largest absolute Gasteiger partial charge is 0.481 e. The van der Waals surface area contributed by atoms with E-state index in [0.717, 1.165) is 31.2 Å². The molecular weight excluding hydrogens is 398 g/mol. The molecule has 0 aliphatic heterocycles. The molecule has 2 aliphatic rings. The molecule has 0 radical (unpaired) electrons. The number of fused-ring (bicyclic) bond motifs is 2. The lowest BCUT2D eigenvalue weighted by molar-refractivity contribution is -0.137. The van der Waals surface area contributed by atoms with Crippen LogP contribution in [0.5, 0.6) is 0 Å². The van der Waals surface area contributed by atoms with Gasteiger partial charge in [-0.2, -0.15) is 0 Å². The van der Waals surface area contributed by atoms with Crippen molar-refractivity contribution >= 4 is 16.0 Å². The number of aliphatic carboxylic acids is 1. The van der Waals surface area contributed by atoms with Gasteiger partial charge in [0.1, 0.15) is 0 Å². The third-order valence-electron chi connectivity index (χ3n) is 6.75. The SMILES string of the molecule is CC(C)(C)c1ccc(S(=O)(=O)N[C@@H]2[C@@H]3CC[C@@H](C3)[C@H]2CC=CCCCC(=O)O)cc1. The minimum absolute atomic E-state index is 0.0117. The number of carboxylic acids is 1. The van der Waals surface area contributed by atoms with Gasteiger partial charge in [-0.05, 0) is 79.4 Å². The van der Waals surface area contributed by atoms with E-state index in [0.29, 0.717) is 29.1 Å². The van der Waals surface area contributed by atoms with Crippen molar-refractivity contribution in [2.45, 2.75) is 82.1 Å². The smallest absolute Gasteiger partial charge is 0.303 e. The molecular formula is C24H35NO4S. The molecule has 6 heteroatoms. The van der Waals surface area contributed by atoms with Crippen molar-refractivity contribution in [1.82, 2.24) is 4.72 Å². The molecule has 4 atom stereocenters. The van der Waals surface area contributed by atoms with Crippen LogP contribution in [0.4, 0.5) is 0 Å². The Bertz CT molecular complexity index is 867. The molecule has 2 N–H and O–H groups in total. The van der Waals surface area contributed by atoms with Gasteiger partial charge < -0.3 is 5.11 Å². The number of benzene rings is 1. The number of rotatable bonds is 9. The van der Waals surface area contributed by atoms with Crippen molar-refractivity contribution < 1.29 is 18.3 Å². The van der Waals surface area contributed by atoms with Crippen molar-refractivity contribution in [2.24, 2.45) is 17.8 Å². The highest BCUT2D eigenvalue weighted by molar-refractivity contribution is 7.89. The summed E-state index contributed by atoms with van der Waals surface area (Å²) in [6.45, 7) is 6.34. The van der Waals surface area contributed by atoms with Gasteiger partial charge in [0.05, 0.1) is 4.90 Å². The number of unbranched alkanes of at least 4 members (excludes halogenated alkanes) is 1. The molecule has 0 saturated heterocycles. The molecule has 0 heterocycles. The van der Waals surface area contributed by atoms with Crippen LogP contribution in [-0.4, -0.2) is 25.5 Å². The summed E-state index contributed by atoms with van der Waals surface area (Å²) in [5.74, 6) is 0.559. The van der Waals surface area contributed by atoms with Gasteiger partial charge >= 0.3 is 5.97 Å². The summed E-state index contributed by atoms with van der Waals surface area (Å²) in [5.41, 5.74) is 1.11. The zero-order valence-electron chi connectivity index (χ0n) is 18.3. The van der Waals surface area contributed by atoms with E-state index < -0.39 is 16.0 Å². The molecule has 2 bridgehead atoms. The van der Waals surface area contributed by atoms with Crippen LogP contribution in [0.2, 0.25) is 0 Å². The summed E-state index contributed by atoms with van der Waals surface area (Å²) in [6.07, 6.45) is 9.98. The summed E-state index contributed by atoms with van der Waals surface area (Å²) in [5, 5.41) is 8.72. The molecule has 1 aromatic rings. The highest BCUT2D eigenvalue weighted by Crippen LogP contribution is 2.50. The Labute approximate surface area is 181 Å². The van der Waals surface area contributed by atoms with Crippen molar-refractivity contribution in [2.75, 3.05) is 0 Å². The van der Waals surface area contributed by atoms with Gasteiger partial charge in [-0.15, -0.1) is 0 Å². The van der Waals surface area contributed by atoms with Gasteiger partial charge in [-0.3, -0.25) is 4.79 Å². The lowest BCUT2D eigenvalue weighted by Crippen LogP contribution is -2.43. The number of hydrogen-bond donors (Lipinski definition) is 2. The quantitative estimate of drug-likeness (QED) is 0.429. The zero-order valence-corrected chi connectivity index (χ0v) is 19.1. The van der Waals surface area contributed by atoms with Crippen LogP contribution >= 0.6 is 0 Å². The van der Waals surface area contributed by atoms with Crippen LogP contribution < -0.4 is 4.72 Å². The van der Waals surface area contributed by atoms with E-state index in [1.165, 1.54) is 6.42 Å². The molecule has 0 amide bonds. The van der Waals surface area contributed by atoms with E-state index >= 15 is 0 Å². The maximum atomic E-state index is 13.1. The fourth-order valence-electron chi connectivity index (χ4n) is 5.06. The van der Waals surface area contributed by atoms with Crippen LogP contribution in [0.15, 0.2) is 41.3 Å². The van der Waals surface area contributed by atoms with E-state index in [4.69, 9.17) is 5.11 Å². The second-order valence-corrected chi connectivity index (χ2v) is 11.6. The molecule has 2 fully saturated rings. The lowest BCUT2D eigenvalue weighted by atomic mass is 9.83. The van der Waals surface area contributed by atoms with Crippen molar-refractivity contribution in [3.8, 4) is 0 Å². The number of sulfonamides is 1. The Balaban J connectivity index is 1.64. The van der Waals surface area contributed by atoms with Crippen molar-refractivity contribution in [3.63, 3.8) is 0 Å². The van der Waals surface area contributed by atoms with E-state index in [1.54, 1.807) is 12.1 Å². The maximum absolute atomic E-state index is 13.1. The molecule has 0 unspecified atom stereocenters. The molecule has 30 heavy (non-hydrogen) atoms. The summed E-state index contributed by atoms with van der Waals surface area (Å²) < 4.78 is 29.2. The molecule has 5 nitrogen and oxygen atoms in total. The second-order valence-electron chi connectivity index (χ2n) is 9.91. The normalized spacial score (nSPS) is 26.5. The fourth-order valence-corrected chi connectivity index (χ4v) is 6.41. The average Bonchev–Trinajstić information content (AvgIpc) is 3.26. The standard InChI is InChI=1S/C24H35NO4S/c1-24(2,3)19-12-14-20(15-13-19)30(28,29)25-23-18-11-10-17(16-18)21(23)8-6-4-5-7-9-22(26)27/h4,6,12-15,17-18,21,23,25H,5,7-11,16H2,1-3H3,(H,26,27)/t17-,18+,21+,23+/m0/s1. The molecule has 2 saturated carbocycles. The predicted octanol–water partition coefficient (Wildman–Crippen LogP) is 4.88. The van der Waals surface area contributed by atoms with Crippen molar-refractivity contribution in [3.05, 3.63) is 42.0 Å². The Morgan fingerprint density at radius 2 is 1.80 bits per heavy atom. The van der Waals surface area contributed by atoms with Crippen LogP contribution in [0.1, 0.15) is 71.3 Å². The summed E-state index contributed by atoms with van der Waals surface area (Å²) in [4.78, 5) is 10.9. The van der Waals surface area contributed by atoms with Gasteiger partial charge in [0.15, 0.2) is 0 Å². The monoisotopic (exact) mass is 433 g/mol. The average molecular weight is 434 g/mol. The number of nitrogens with one attached hydrogen (secondary N) is 1. The highest BCUT2D eigenvalue weighted by Gasteiger charge is 2.48. The van der Waals surface area contributed by atoms with Crippen LogP contribution in [0, 0.1) is 17.8 Å². The van der Waals surface area contributed by atoms with E-state index in [1.807, 2.05) is 18.2 Å². The minimum Gasteiger partial charge on any atom is -0.481 e. The Morgan fingerprint density at radius 3 is 2.43 bits per heavy atom. The molecule has 0 spiro atoms. The van der Waals surface area contributed by atoms with Crippen molar-refractivity contribution in [1.29, 1.82) is 0 Å². The van der Waals surface area contributed by atoms with E-state index in [9.17, 15) is 13.2 Å². The first-order valence-corrected chi connectivity index (χ1v) is 12.6. The zero-order chi connectivity index (χ0) is 21.9. The van der Waals surface area contributed by atoms with Gasteiger partial charge in [-0.1, -0.05) is 45.1 Å². The lowest BCUT2D eigenvalue weighted by Gasteiger charge is -2.31. The molecule has 3 rings (SSSR count). The predicted molar refractivity (Wildman–Crippen MR) is 119 cm³/mol. The summed E-state index contributed by atoms with van der Waals surface area (Å²) in [6, 6.07) is 7.24. The first-order valence-electron chi connectivity index (χ1n) is 11.1. The maximum Gasteiger partial charge on any atom is 0.303 e. The second kappa shape index (κ2) is 9.23. The molecule has 2 aliphatic carbocycles. The molecule has 0 aromatic heterocycles. The number of allylic oxidation sites excluding steroid dienone is 2. The Morgan fingerprint density at radius 1 is 1.13 bits per heavy atom. The van der Waals surface area contributed by atoms with Crippen LogP contribution in [0.3, 0.4) is 0 Å². The van der Waals surface area contributed by atoms with Gasteiger partial charge in [0.25, 0.3) is 0 Å². The minimum atomic E-state index is -3.55. The van der Waals surface area contributed by atoms with Crippen LogP contribution in [0.25, 0.3) is 0 Å². The molecule has 166 valence electrons. The third kappa shape index (κ3) is 5.52. The highest BCUT2D eigenvalue weighted by atomic mass is 32.2. The summed E-state index contributed by atoms with van der Waals surface area (Å²) >= 11 is 0. The first-order chi connectivity index (χ1) is 14.1. The van der Waals surface area contributed by atoms with E-state index in [-0.39, 0.29) is 17.9 Å². The van der Waals surface area contributed by atoms with Gasteiger partial charge in [0.2, 0.25) is 10.0 Å². The van der Waals surface area contributed by atoms with Gasteiger partial charge in [0, 0.05) is 12.5 Å². The first kappa shape index (κ1) is 23.0. The summed E-state index contributed by atoms with van der Waals surface area (Å²) in [7, 11) is -3.55. The third-order valence-corrected chi connectivity index (χ3v) is 8.22. The number of hydrogen-bond acceptors (Lipinski definition) is 3. The number of carboxylic acid groups (broad SMARTS) is 1. The van der Waals surface area contributed by atoms with E-state index in [2.05, 4.69) is 31.6 Å². The fraction of sp³-hybridized carbons (Fsp3) is 0.625. The van der Waals surface area contributed by atoms with Gasteiger partial charge in [-0.25, -0.2) is 13.1 Å². The van der Waals surface area contributed by atoms with Crippen LogP contribution in [-0.2, 0) is 20.2 Å². The topological polar surface area (TPSA) is 83.5 Å². The Hall–Kier alpha value is -1.66. The Kier molecular flexibility index (Phi) is 7.08. The molecule has 1 aromatic carbocycles. The number of carbonyl (C=O) groups is 1.